The first kappa shape index (κ1) is 29.3. The molecule has 0 atom stereocenters. The number of carbonyl (C=O) groups is 1. The zero-order valence-corrected chi connectivity index (χ0v) is 23.2. The number of halogens is 4. The Bertz CT molecular complexity index is 1480. The van der Waals surface area contributed by atoms with Gasteiger partial charge < -0.3 is 14.8 Å². The maximum atomic E-state index is 12.9. The van der Waals surface area contributed by atoms with Gasteiger partial charge in [-0.3, -0.25) is 9.52 Å². The average molecular weight is 591 g/mol. The van der Waals surface area contributed by atoms with Crippen LogP contribution < -0.4 is 19.5 Å². The predicted molar refractivity (Wildman–Crippen MR) is 149 cm³/mol. The van der Waals surface area contributed by atoms with Crippen LogP contribution in [0.2, 0.25) is 5.02 Å². The molecule has 12 heteroatoms. The molecule has 1 aromatic heterocycles. The summed E-state index contributed by atoms with van der Waals surface area (Å²) in [5.74, 6) is 1.03. The number of methoxy groups -OCH3 is 2. The largest absolute Gasteiger partial charge is 0.497 e. The number of benzene rings is 3. The minimum atomic E-state index is -4.35. The molecule has 0 saturated heterocycles. The van der Waals surface area contributed by atoms with E-state index in [9.17, 15) is 18.0 Å². The number of hydrogen-bond acceptors (Lipinski definition) is 6. The van der Waals surface area contributed by atoms with Crippen LogP contribution in [0.5, 0.6) is 11.5 Å². The van der Waals surface area contributed by atoms with E-state index in [1.54, 1.807) is 62.8 Å². The summed E-state index contributed by atoms with van der Waals surface area (Å²) in [6, 6.07) is 17.6. The van der Waals surface area contributed by atoms with Crippen LogP contribution in [-0.2, 0) is 24.2 Å². The van der Waals surface area contributed by atoms with Crippen LogP contribution in [0.25, 0.3) is 5.69 Å². The van der Waals surface area contributed by atoms with Crippen molar-refractivity contribution >= 4 is 35.1 Å². The average Bonchev–Trinajstić information content (AvgIpc) is 3.36. The van der Waals surface area contributed by atoms with E-state index in [0.29, 0.717) is 44.9 Å². The minimum absolute atomic E-state index is 0.0384. The summed E-state index contributed by atoms with van der Waals surface area (Å²) in [6.07, 6.45) is -2.81. The minimum Gasteiger partial charge on any atom is -0.497 e. The van der Waals surface area contributed by atoms with Crippen molar-refractivity contribution in [1.82, 2.24) is 14.5 Å². The van der Waals surface area contributed by atoms with Crippen molar-refractivity contribution in [2.75, 3.05) is 19.5 Å². The van der Waals surface area contributed by atoms with Crippen molar-refractivity contribution in [1.29, 1.82) is 0 Å². The summed E-state index contributed by atoms with van der Waals surface area (Å²) in [4.78, 5) is 13.3. The van der Waals surface area contributed by atoms with Gasteiger partial charge in [0.1, 0.15) is 11.5 Å². The summed E-state index contributed by atoms with van der Waals surface area (Å²) in [7, 11) is 3.13. The van der Waals surface area contributed by atoms with Gasteiger partial charge in [-0.15, -0.1) is 0 Å². The van der Waals surface area contributed by atoms with Gasteiger partial charge in [-0.05, 0) is 53.4 Å². The molecular weight excluding hydrogens is 565 g/mol. The van der Waals surface area contributed by atoms with Crippen molar-refractivity contribution < 1.29 is 27.4 Å². The second kappa shape index (κ2) is 13.1. The number of alkyl halides is 3. The van der Waals surface area contributed by atoms with E-state index < -0.39 is 12.6 Å². The highest BCUT2D eigenvalue weighted by molar-refractivity contribution is 7.97. The third-order valence-electron chi connectivity index (χ3n) is 5.78. The van der Waals surface area contributed by atoms with Gasteiger partial charge in [-0.1, -0.05) is 35.9 Å². The van der Waals surface area contributed by atoms with Crippen molar-refractivity contribution in [2.45, 2.75) is 30.5 Å². The lowest BCUT2D eigenvalue weighted by Gasteiger charge is -2.14. The fourth-order valence-electron chi connectivity index (χ4n) is 3.89. The molecule has 0 saturated carbocycles. The molecule has 0 bridgehead atoms. The number of carbonyl (C=O) groups excluding carboxylic acids is 1. The van der Waals surface area contributed by atoms with Crippen molar-refractivity contribution in [3.63, 3.8) is 0 Å². The molecule has 1 heterocycles. The molecule has 0 radical (unpaired) electrons. The highest BCUT2D eigenvalue weighted by atomic mass is 35.5. The van der Waals surface area contributed by atoms with Crippen LogP contribution in [-0.4, -0.2) is 36.1 Å². The zero-order chi connectivity index (χ0) is 28.7. The van der Waals surface area contributed by atoms with Gasteiger partial charge in [0.05, 0.1) is 43.8 Å². The molecular formula is C28H26ClF3N4O3S. The lowest BCUT2D eigenvalue weighted by Crippen LogP contribution is -2.15. The maximum Gasteiger partial charge on any atom is 0.393 e. The van der Waals surface area contributed by atoms with Crippen LogP contribution in [0.1, 0.15) is 16.7 Å². The molecule has 40 heavy (non-hydrogen) atoms. The SMILES string of the molecule is COc1ccc(CNSc2cc(NC(=O)Cc3ccccc3Cl)ccc2-n2cc(CC(F)(F)F)cn2)c(OC)c1. The fourth-order valence-corrected chi connectivity index (χ4v) is 4.92. The highest BCUT2D eigenvalue weighted by Gasteiger charge is 2.28. The second-order valence-electron chi connectivity index (χ2n) is 8.68. The van der Waals surface area contributed by atoms with Gasteiger partial charge >= 0.3 is 6.18 Å². The van der Waals surface area contributed by atoms with Crippen molar-refractivity contribution in [3.8, 4) is 17.2 Å². The number of rotatable bonds is 11. The normalized spacial score (nSPS) is 11.3. The smallest absolute Gasteiger partial charge is 0.393 e. The number of ether oxygens (including phenoxy) is 2. The molecule has 0 aliphatic rings. The van der Waals surface area contributed by atoms with Gasteiger partial charge in [-0.2, -0.15) is 18.3 Å². The first-order valence-corrected chi connectivity index (χ1v) is 13.2. The van der Waals surface area contributed by atoms with Crippen LogP contribution in [0.15, 0.2) is 78.0 Å². The van der Waals surface area contributed by atoms with E-state index in [4.69, 9.17) is 21.1 Å². The van der Waals surface area contributed by atoms with Gasteiger partial charge in [0.2, 0.25) is 5.91 Å². The Morgan fingerprint density at radius 3 is 2.58 bits per heavy atom. The van der Waals surface area contributed by atoms with Crippen molar-refractivity contribution in [2.24, 2.45) is 0 Å². The Kier molecular flexibility index (Phi) is 9.62. The molecule has 1 amide bonds. The van der Waals surface area contributed by atoms with Gasteiger partial charge in [0.25, 0.3) is 0 Å². The van der Waals surface area contributed by atoms with Crippen molar-refractivity contribution in [3.05, 3.63) is 94.8 Å². The second-order valence-corrected chi connectivity index (χ2v) is 10.0. The molecule has 0 fully saturated rings. The molecule has 0 aliphatic carbocycles. The summed E-state index contributed by atoms with van der Waals surface area (Å²) in [5, 5.41) is 7.50. The Labute approximate surface area is 238 Å². The van der Waals surface area contributed by atoms with Crippen LogP contribution in [0, 0.1) is 0 Å². The third kappa shape index (κ3) is 7.93. The van der Waals surface area contributed by atoms with E-state index in [-0.39, 0.29) is 17.9 Å². The van der Waals surface area contributed by atoms with Gasteiger partial charge in [-0.25, -0.2) is 4.68 Å². The molecule has 7 nitrogen and oxygen atoms in total. The number of hydrogen-bond donors (Lipinski definition) is 2. The van der Waals surface area contributed by atoms with Gasteiger partial charge in [0, 0.05) is 35.1 Å². The van der Waals surface area contributed by atoms with Crippen LogP contribution in [0.4, 0.5) is 18.9 Å². The Morgan fingerprint density at radius 1 is 1.05 bits per heavy atom. The number of amides is 1. The molecule has 3 aromatic carbocycles. The van der Waals surface area contributed by atoms with Crippen LogP contribution >= 0.6 is 23.5 Å². The predicted octanol–water partition coefficient (Wildman–Crippen LogP) is 6.63. The molecule has 2 N–H and O–H groups in total. The Morgan fingerprint density at radius 2 is 1.85 bits per heavy atom. The summed E-state index contributed by atoms with van der Waals surface area (Å²) in [6.45, 7) is 0.402. The fraction of sp³-hybridized carbons (Fsp3) is 0.214. The lowest BCUT2D eigenvalue weighted by molar-refractivity contribution is -0.127. The van der Waals surface area contributed by atoms with E-state index in [1.165, 1.54) is 29.0 Å². The monoisotopic (exact) mass is 590 g/mol. The maximum absolute atomic E-state index is 12.9. The van der Waals surface area contributed by atoms with E-state index in [0.717, 1.165) is 5.56 Å². The summed E-state index contributed by atoms with van der Waals surface area (Å²) >= 11 is 7.43. The number of anilines is 1. The molecule has 0 spiro atoms. The quantitative estimate of drug-likeness (QED) is 0.191. The lowest BCUT2D eigenvalue weighted by atomic mass is 10.1. The number of nitrogens with zero attached hydrogens (tertiary/aromatic N) is 2. The van der Waals surface area contributed by atoms with Gasteiger partial charge in [0.15, 0.2) is 0 Å². The van der Waals surface area contributed by atoms with Crippen LogP contribution in [0.3, 0.4) is 0 Å². The van der Waals surface area contributed by atoms with E-state index in [2.05, 4.69) is 15.1 Å². The number of aromatic nitrogens is 2. The number of nitrogens with one attached hydrogen (secondary N) is 2. The molecule has 0 aliphatic heterocycles. The first-order chi connectivity index (χ1) is 19.1. The highest BCUT2D eigenvalue weighted by Crippen LogP contribution is 2.30. The zero-order valence-electron chi connectivity index (χ0n) is 21.6. The van der Waals surface area contributed by atoms with E-state index in [1.807, 2.05) is 12.1 Å². The summed E-state index contributed by atoms with van der Waals surface area (Å²) in [5.41, 5.74) is 2.65. The standard InChI is InChI=1S/C28H26ClF3N4O3S/c1-38-22-9-7-20(25(13-22)39-2)16-34-40-26-12-21(35-27(37)11-19-5-3-4-6-23(19)29)8-10-24(26)36-17-18(15-33-36)14-28(30,31)32/h3-10,12-13,15,17,34H,11,14,16H2,1-2H3,(H,35,37). The topological polar surface area (TPSA) is 77.4 Å². The molecule has 4 rings (SSSR count). The Balaban J connectivity index is 1.55. The first-order valence-electron chi connectivity index (χ1n) is 12.0. The molecule has 210 valence electrons. The summed E-state index contributed by atoms with van der Waals surface area (Å²) < 4.78 is 54.1. The Hall–Kier alpha value is -3.67. The third-order valence-corrected chi connectivity index (χ3v) is 6.98. The molecule has 4 aromatic rings. The molecule has 0 unspecified atom stereocenters. The van der Waals surface area contributed by atoms with E-state index >= 15 is 0 Å².